The highest BCUT2D eigenvalue weighted by atomic mass is 19.2. The summed E-state index contributed by atoms with van der Waals surface area (Å²) in [6.45, 7) is -0.606. The average Bonchev–Trinajstić information content (AvgIpc) is 2.62. The molecule has 2 rings (SSSR count). The molecule has 0 saturated carbocycles. The number of hydrogen-bond acceptors (Lipinski definition) is 4. The first-order valence-corrected chi connectivity index (χ1v) is 7.64. The number of halogens is 2. The number of nitrogens with zero attached hydrogens (tertiary/aromatic N) is 1. The van der Waals surface area contributed by atoms with Gasteiger partial charge in [-0.2, -0.15) is 0 Å². The molecule has 8 heteroatoms. The van der Waals surface area contributed by atoms with Crippen LogP contribution in [0, 0.1) is 11.6 Å². The van der Waals surface area contributed by atoms with Gasteiger partial charge in [0.05, 0.1) is 13.7 Å². The molecule has 0 heterocycles. The van der Waals surface area contributed by atoms with Crippen molar-refractivity contribution in [3.8, 4) is 11.5 Å². The SMILES string of the molecule is COc1cccc(NC(=O)CN(C)C(=O)COc2ccc(F)c(F)c2)c1. The largest absolute Gasteiger partial charge is 0.497 e. The van der Waals surface area contributed by atoms with E-state index in [0.29, 0.717) is 11.4 Å². The summed E-state index contributed by atoms with van der Waals surface area (Å²) in [4.78, 5) is 25.2. The number of carbonyl (C=O) groups excluding carboxylic acids is 2. The van der Waals surface area contributed by atoms with Gasteiger partial charge in [-0.1, -0.05) is 6.07 Å². The van der Waals surface area contributed by atoms with Crippen molar-refractivity contribution in [2.45, 2.75) is 0 Å². The van der Waals surface area contributed by atoms with E-state index in [4.69, 9.17) is 9.47 Å². The van der Waals surface area contributed by atoms with E-state index in [2.05, 4.69) is 5.32 Å². The maximum absolute atomic E-state index is 13.1. The highest BCUT2D eigenvalue weighted by Crippen LogP contribution is 2.17. The van der Waals surface area contributed by atoms with Crippen LogP contribution >= 0.6 is 0 Å². The van der Waals surface area contributed by atoms with Gasteiger partial charge in [0.2, 0.25) is 5.91 Å². The minimum Gasteiger partial charge on any atom is -0.497 e. The van der Waals surface area contributed by atoms with E-state index in [1.807, 2.05) is 0 Å². The van der Waals surface area contributed by atoms with E-state index in [0.717, 1.165) is 17.0 Å². The summed E-state index contributed by atoms with van der Waals surface area (Å²) in [7, 11) is 2.95. The molecule has 0 aliphatic rings. The van der Waals surface area contributed by atoms with Crippen LogP contribution in [-0.2, 0) is 9.59 Å². The first kappa shape index (κ1) is 19.2. The van der Waals surface area contributed by atoms with Crippen molar-refractivity contribution < 1.29 is 27.8 Å². The Hall–Kier alpha value is -3.16. The number of carbonyl (C=O) groups is 2. The monoisotopic (exact) mass is 364 g/mol. The first-order valence-electron chi connectivity index (χ1n) is 7.64. The van der Waals surface area contributed by atoms with Crippen LogP contribution < -0.4 is 14.8 Å². The molecule has 1 N–H and O–H groups in total. The Kier molecular flexibility index (Phi) is 6.48. The summed E-state index contributed by atoms with van der Waals surface area (Å²) in [6.07, 6.45) is 0. The summed E-state index contributed by atoms with van der Waals surface area (Å²) in [5.74, 6) is -2.35. The van der Waals surface area contributed by atoms with Crippen molar-refractivity contribution in [3.05, 3.63) is 54.1 Å². The molecule has 138 valence electrons. The number of ether oxygens (including phenoxy) is 2. The molecule has 2 aromatic carbocycles. The lowest BCUT2D eigenvalue weighted by Crippen LogP contribution is -2.37. The van der Waals surface area contributed by atoms with E-state index in [1.54, 1.807) is 24.3 Å². The summed E-state index contributed by atoms with van der Waals surface area (Å²) in [6, 6.07) is 9.75. The number of nitrogens with one attached hydrogen (secondary N) is 1. The highest BCUT2D eigenvalue weighted by Gasteiger charge is 2.14. The molecule has 0 radical (unpaired) electrons. The summed E-state index contributed by atoms with van der Waals surface area (Å²) in [5.41, 5.74) is 0.535. The molecule has 0 spiro atoms. The minimum absolute atomic E-state index is 0.0199. The number of rotatable bonds is 7. The summed E-state index contributed by atoms with van der Waals surface area (Å²) < 4.78 is 36.1. The molecule has 0 atom stereocenters. The van der Waals surface area contributed by atoms with Crippen LogP contribution in [0.4, 0.5) is 14.5 Å². The van der Waals surface area contributed by atoms with E-state index in [9.17, 15) is 18.4 Å². The average molecular weight is 364 g/mol. The fourth-order valence-electron chi connectivity index (χ4n) is 2.03. The second kappa shape index (κ2) is 8.80. The van der Waals surface area contributed by atoms with Crippen LogP contribution in [0.25, 0.3) is 0 Å². The van der Waals surface area contributed by atoms with Gasteiger partial charge in [0.15, 0.2) is 18.2 Å². The van der Waals surface area contributed by atoms with Gasteiger partial charge in [-0.3, -0.25) is 9.59 Å². The number of benzene rings is 2. The van der Waals surface area contributed by atoms with Gasteiger partial charge in [0, 0.05) is 24.9 Å². The van der Waals surface area contributed by atoms with Crippen LogP contribution in [-0.4, -0.2) is 44.0 Å². The molecule has 0 aliphatic heterocycles. The highest BCUT2D eigenvalue weighted by molar-refractivity contribution is 5.94. The zero-order valence-corrected chi connectivity index (χ0v) is 14.3. The third-order valence-electron chi connectivity index (χ3n) is 3.41. The van der Waals surface area contributed by atoms with Crippen LogP contribution in [0.1, 0.15) is 0 Å². The molecule has 2 aromatic rings. The third kappa shape index (κ3) is 5.44. The van der Waals surface area contributed by atoms with Gasteiger partial charge in [0.25, 0.3) is 5.91 Å². The standard InChI is InChI=1S/C18H18F2N2O4/c1-22(10-17(23)21-12-4-3-5-13(8-12)25-2)18(24)11-26-14-6-7-15(19)16(20)9-14/h3-9H,10-11H2,1-2H3,(H,21,23). The van der Waals surface area contributed by atoms with Crippen molar-refractivity contribution in [1.29, 1.82) is 0 Å². The van der Waals surface area contributed by atoms with E-state index in [1.165, 1.54) is 20.2 Å². The quantitative estimate of drug-likeness (QED) is 0.820. The number of likely N-dealkylation sites (N-methyl/N-ethyl adjacent to an activating group) is 1. The lowest BCUT2D eigenvalue weighted by Gasteiger charge is -2.17. The Morgan fingerprint density at radius 1 is 1.08 bits per heavy atom. The van der Waals surface area contributed by atoms with Gasteiger partial charge >= 0.3 is 0 Å². The molecule has 26 heavy (non-hydrogen) atoms. The zero-order valence-electron chi connectivity index (χ0n) is 14.3. The predicted octanol–water partition coefficient (Wildman–Crippen LogP) is 2.45. The van der Waals surface area contributed by atoms with Crippen molar-refractivity contribution in [1.82, 2.24) is 4.90 Å². The smallest absolute Gasteiger partial charge is 0.260 e. The minimum atomic E-state index is -1.07. The lowest BCUT2D eigenvalue weighted by molar-refractivity contribution is -0.135. The Balaban J connectivity index is 1.83. The number of methoxy groups -OCH3 is 1. The maximum Gasteiger partial charge on any atom is 0.260 e. The van der Waals surface area contributed by atoms with Gasteiger partial charge in [-0.05, 0) is 24.3 Å². The summed E-state index contributed by atoms with van der Waals surface area (Å²) >= 11 is 0. The lowest BCUT2D eigenvalue weighted by atomic mass is 10.3. The van der Waals surface area contributed by atoms with Crippen LogP contribution in [0.3, 0.4) is 0 Å². The number of amides is 2. The Morgan fingerprint density at radius 3 is 2.54 bits per heavy atom. The maximum atomic E-state index is 13.1. The molecule has 0 saturated heterocycles. The molecular formula is C18H18F2N2O4. The summed E-state index contributed by atoms with van der Waals surface area (Å²) in [5, 5.41) is 2.65. The molecule has 6 nitrogen and oxygen atoms in total. The number of hydrogen-bond donors (Lipinski definition) is 1. The number of anilines is 1. The van der Waals surface area contributed by atoms with E-state index in [-0.39, 0.29) is 12.3 Å². The van der Waals surface area contributed by atoms with E-state index < -0.39 is 30.1 Å². The van der Waals surface area contributed by atoms with Crippen LogP contribution in [0.2, 0.25) is 0 Å². The first-order chi connectivity index (χ1) is 12.4. The fraction of sp³-hybridized carbons (Fsp3) is 0.222. The predicted molar refractivity (Wildman–Crippen MR) is 91.1 cm³/mol. The Morgan fingerprint density at radius 2 is 1.85 bits per heavy atom. The zero-order chi connectivity index (χ0) is 19.1. The molecular weight excluding hydrogens is 346 g/mol. The molecule has 0 aromatic heterocycles. The third-order valence-corrected chi connectivity index (χ3v) is 3.41. The van der Waals surface area contributed by atoms with Crippen molar-refractivity contribution >= 4 is 17.5 Å². The Bertz CT molecular complexity index is 799. The second-order valence-electron chi connectivity index (χ2n) is 5.39. The second-order valence-corrected chi connectivity index (χ2v) is 5.39. The Labute approximate surface area is 149 Å². The van der Waals surface area contributed by atoms with Gasteiger partial charge in [-0.25, -0.2) is 8.78 Å². The van der Waals surface area contributed by atoms with E-state index >= 15 is 0 Å². The van der Waals surface area contributed by atoms with Gasteiger partial charge < -0.3 is 19.7 Å². The van der Waals surface area contributed by atoms with Crippen molar-refractivity contribution in [2.75, 3.05) is 32.6 Å². The molecule has 0 bridgehead atoms. The van der Waals surface area contributed by atoms with Gasteiger partial charge in [0.1, 0.15) is 11.5 Å². The molecule has 0 unspecified atom stereocenters. The van der Waals surface area contributed by atoms with Crippen molar-refractivity contribution in [3.63, 3.8) is 0 Å². The molecule has 0 fully saturated rings. The van der Waals surface area contributed by atoms with Crippen LogP contribution in [0.5, 0.6) is 11.5 Å². The van der Waals surface area contributed by atoms with Gasteiger partial charge in [-0.15, -0.1) is 0 Å². The molecule has 2 amide bonds. The fourth-order valence-corrected chi connectivity index (χ4v) is 2.03. The molecule has 0 aliphatic carbocycles. The topological polar surface area (TPSA) is 67.9 Å². The van der Waals surface area contributed by atoms with Crippen molar-refractivity contribution in [2.24, 2.45) is 0 Å². The normalized spacial score (nSPS) is 10.2. The van der Waals surface area contributed by atoms with Crippen LogP contribution in [0.15, 0.2) is 42.5 Å².